The lowest BCUT2D eigenvalue weighted by Gasteiger charge is -2.20. The summed E-state index contributed by atoms with van der Waals surface area (Å²) in [5, 5.41) is 13.1. The van der Waals surface area contributed by atoms with E-state index in [0.717, 1.165) is 38.8 Å². The van der Waals surface area contributed by atoms with Crippen LogP contribution in [0.2, 0.25) is 0 Å². The topological polar surface area (TPSA) is 53.3 Å². The van der Waals surface area contributed by atoms with Crippen molar-refractivity contribution in [3.8, 4) is 17.0 Å². The Balaban J connectivity index is 1.56. The van der Waals surface area contributed by atoms with Gasteiger partial charge in [-0.05, 0) is 68.3 Å². The predicted molar refractivity (Wildman–Crippen MR) is 117 cm³/mol. The molecular formula is C22H25N5OS. The van der Waals surface area contributed by atoms with Gasteiger partial charge in [0.05, 0.1) is 16.4 Å². The van der Waals surface area contributed by atoms with Crippen LogP contribution in [-0.4, -0.2) is 23.7 Å². The number of thiazole rings is 1. The fourth-order valence-corrected chi connectivity index (χ4v) is 4.35. The summed E-state index contributed by atoms with van der Waals surface area (Å²) in [5.41, 5.74) is 6.62. The molecule has 3 aromatic rings. The Hall–Kier alpha value is -2.93. The molecule has 0 N–H and O–H groups in total. The molecule has 29 heavy (non-hydrogen) atoms. The van der Waals surface area contributed by atoms with Crippen molar-refractivity contribution in [3.63, 3.8) is 0 Å². The number of aromatic nitrogens is 1. The Morgan fingerprint density at radius 1 is 1.03 bits per heavy atom. The van der Waals surface area contributed by atoms with Gasteiger partial charge in [-0.3, -0.25) is 5.01 Å². The van der Waals surface area contributed by atoms with Gasteiger partial charge < -0.3 is 4.74 Å². The van der Waals surface area contributed by atoms with Crippen molar-refractivity contribution >= 4 is 17.0 Å². The van der Waals surface area contributed by atoms with Gasteiger partial charge in [-0.2, -0.15) is 0 Å². The van der Waals surface area contributed by atoms with Crippen molar-refractivity contribution in [1.82, 2.24) is 9.99 Å². The Morgan fingerprint density at radius 3 is 2.52 bits per heavy atom. The van der Waals surface area contributed by atoms with Crippen LogP contribution >= 0.6 is 11.3 Å². The second kappa shape index (κ2) is 7.83. The second-order valence-electron chi connectivity index (χ2n) is 7.36. The molecule has 0 saturated heterocycles. The van der Waals surface area contributed by atoms with Crippen LogP contribution in [0.5, 0.6) is 5.75 Å². The van der Waals surface area contributed by atoms with Gasteiger partial charge in [-0.15, -0.1) is 11.3 Å². The van der Waals surface area contributed by atoms with Crippen molar-refractivity contribution in [2.24, 2.45) is 10.4 Å². The first-order valence-electron chi connectivity index (χ1n) is 9.59. The average molecular weight is 408 g/mol. The lowest BCUT2D eigenvalue weighted by atomic mass is 10.1. The standard InChI is InChI=1S/C22H25N5OS/c1-14-7-6-8-20(27-13-26(5)24-25-27)19(14)12-28-21-10-9-18(11-15(21)2)22-16(3)29-17(4)23-22/h6-11H,12-13H2,1-5H3. The number of anilines is 1. The average Bonchev–Trinajstić information content (AvgIpc) is 3.26. The molecule has 0 aliphatic carbocycles. The molecule has 0 fully saturated rings. The van der Waals surface area contributed by atoms with Crippen molar-refractivity contribution in [1.29, 1.82) is 0 Å². The number of ether oxygens (including phenoxy) is 1. The minimum absolute atomic E-state index is 0.479. The van der Waals surface area contributed by atoms with Crippen molar-refractivity contribution < 1.29 is 4.74 Å². The van der Waals surface area contributed by atoms with Crippen LogP contribution in [0.4, 0.5) is 5.69 Å². The molecule has 1 aliphatic heterocycles. The first-order chi connectivity index (χ1) is 13.9. The molecule has 6 nitrogen and oxygen atoms in total. The van der Waals surface area contributed by atoms with Crippen LogP contribution in [0.3, 0.4) is 0 Å². The summed E-state index contributed by atoms with van der Waals surface area (Å²) in [6, 6.07) is 12.5. The summed E-state index contributed by atoms with van der Waals surface area (Å²) in [7, 11) is 1.91. The molecule has 7 heteroatoms. The van der Waals surface area contributed by atoms with E-state index in [2.05, 4.69) is 60.5 Å². The lowest BCUT2D eigenvalue weighted by molar-refractivity contribution is 0.303. The molecule has 0 spiro atoms. The first kappa shape index (κ1) is 19.4. The highest BCUT2D eigenvalue weighted by Crippen LogP contribution is 2.32. The highest BCUT2D eigenvalue weighted by molar-refractivity contribution is 7.11. The molecule has 0 atom stereocenters. The maximum absolute atomic E-state index is 6.23. The quantitative estimate of drug-likeness (QED) is 0.551. The van der Waals surface area contributed by atoms with E-state index >= 15 is 0 Å². The Bertz CT molecular complexity index is 1080. The third kappa shape index (κ3) is 3.96. The van der Waals surface area contributed by atoms with E-state index in [1.165, 1.54) is 10.4 Å². The van der Waals surface area contributed by atoms with Crippen LogP contribution in [0.15, 0.2) is 46.8 Å². The number of aryl methyl sites for hydroxylation is 4. The maximum atomic E-state index is 6.23. The zero-order valence-corrected chi connectivity index (χ0v) is 18.2. The molecule has 0 bridgehead atoms. The minimum atomic E-state index is 0.479. The zero-order chi connectivity index (χ0) is 20.5. The van der Waals surface area contributed by atoms with Crippen molar-refractivity contribution in [2.45, 2.75) is 34.3 Å². The van der Waals surface area contributed by atoms with Crippen LogP contribution in [0, 0.1) is 27.7 Å². The molecular weight excluding hydrogens is 382 g/mol. The van der Waals surface area contributed by atoms with Gasteiger partial charge in [0.1, 0.15) is 19.0 Å². The lowest BCUT2D eigenvalue weighted by Crippen LogP contribution is -2.23. The SMILES string of the molecule is Cc1nc(-c2ccc(OCc3c(C)cccc3N3CN(C)N=N3)c(C)c2)c(C)s1. The maximum Gasteiger partial charge on any atom is 0.132 e. The molecule has 0 radical (unpaired) electrons. The number of rotatable bonds is 5. The number of nitrogens with zero attached hydrogens (tertiary/aromatic N) is 5. The van der Waals surface area contributed by atoms with Gasteiger partial charge in [0.2, 0.25) is 0 Å². The molecule has 0 saturated carbocycles. The van der Waals surface area contributed by atoms with E-state index < -0.39 is 0 Å². The molecule has 0 amide bonds. The number of hydrogen-bond donors (Lipinski definition) is 0. The van der Waals surface area contributed by atoms with E-state index in [1.807, 2.05) is 31.1 Å². The monoisotopic (exact) mass is 407 g/mol. The molecule has 0 unspecified atom stereocenters. The van der Waals surface area contributed by atoms with Crippen LogP contribution < -0.4 is 9.75 Å². The van der Waals surface area contributed by atoms with E-state index in [-0.39, 0.29) is 0 Å². The predicted octanol–water partition coefficient (Wildman–Crippen LogP) is 5.61. The number of hydrogen-bond acceptors (Lipinski definition) is 7. The zero-order valence-electron chi connectivity index (χ0n) is 17.4. The van der Waals surface area contributed by atoms with E-state index in [4.69, 9.17) is 4.74 Å². The summed E-state index contributed by atoms with van der Waals surface area (Å²) < 4.78 is 6.23. The van der Waals surface area contributed by atoms with Crippen LogP contribution in [-0.2, 0) is 6.61 Å². The largest absolute Gasteiger partial charge is 0.489 e. The normalized spacial score (nSPS) is 13.4. The van der Waals surface area contributed by atoms with Gasteiger partial charge in [-0.1, -0.05) is 17.4 Å². The third-order valence-electron chi connectivity index (χ3n) is 5.03. The Kier molecular flexibility index (Phi) is 5.24. The molecule has 2 aromatic carbocycles. The van der Waals surface area contributed by atoms with Gasteiger partial charge in [0, 0.05) is 23.1 Å². The smallest absolute Gasteiger partial charge is 0.132 e. The molecule has 1 aliphatic rings. The first-order valence-corrected chi connectivity index (χ1v) is 10.4. The summed E-state index contributed by atoms with van der Waals surface area (Å²) in [6.45, 7) is 9.46. The Labute approximate surface area is 175 Å². The highest BCUT2D eigenvalue weighted by atomic mass is 32.1. The summed E-state index contributed by atoms with van der Waals surface area (Å²) in [5.74, 6) is 0.882. The fourth-order valence-electron chi connectivity index (χ4n) is 3.51. The van der Waals surface area contributed by atoms with Gasteiger partial charge in [-0.25, -0.2) is 9.99 Å². The fraction of sp³-hybridized carbons (Fsp3) is 0.318. The number of benzene rings is 2. The third-order valence-corrected chi connectivity index (χ3v) is 5.91. The second-order valence-corrected chi connectivity index (χ2v) is 8.76. The molecule has 4 rings (SSSR count). The minimum Gasteiger partial charge on any atom is -0.489 e. The van der Waals surface area contributed by atoms with Crippen LogP contribution in [0.1, 0.15) is 26.6 Å². The molecule has 2 heterocycles. The van der Waals surface area contributed by atoms with E-state index in [9.17, 15) is 0 Å². The molecule has 1 aromatic heterocycles. The van der Waals surface area contributed by atoms with Gasteiger partial charge in [0.15, 0.2) is 0 Å². The van der Waals surface area contributed by atoms with E-state index in [0.29, 0.717) is 13.3 Å². The summed E-state index contributed by atoms with van der Waals surface area (Å²) in [6.07, 6.45) is 0. The van der Waals surface area contributed by atoms with Crippen molar-refractivity contribution in [3.05, 3.63) is 63.0 Å². The molecule has 150 valence electrons. The van der Waals surface area contributed by atoms with Crippen molar-refractivity contribution in [2.75, 3.05) is 18.7 Å². The van der Waals surface area contributed by atoms with Crippen LogP contribution in [0.25, 0.3) is 11.3 Å². The highest BCUT2D eigenvalue weighted by Gasteiger charge is 2.19. The van der Waals surface area contributed by atoms with Gasteiger partial charge in [0.25, 0.3) is 0 Å². The summed E-state index contributed by atoms with van der Waals surface area (Å²) in [4.78, 5) is 5.91. The Morgan fingerprint density at radius 2 is 1.86 bits per heavy atom. The van der Waals surface area contributed by atoms with E-state index in [1.54, 1.807) is 16.3 Å². The summed E-state index contributed by atoms with van der Waals surface area (Å²) >= 11 is 1.73. The van der Waals surface area contributed by atoms with Gasteiger partial charge >= 0.3 is 0 Å².